The van der Waals surface area contributed by atoms with Crippen LogP contribution in [0.3, 0.4) is 0 Å². The van der Waals surface area contributed by atoms with Crippen LogP contribution in [0, 0.1) is 20.8 Å². The molecular formula is C20H20N2O2S. The average molecular weight is 352 g/mol. The van der Waals surface area contributed by atoms with E-state index in [1.54, 1.807) is 0 Å². The van der Waals surface area contributed by atoms with Gasteiger partial charge in [0.05, 0.1) is 12.1 Å². The number of rotatable bonds is 5. The minimum Gasteiger partial charge on any atom is -0.481 e. The molecule has 1 heterocycles. The Morgan fingerprint density at radius 2 is 1.80 bits per heavy atom. The van der Waals surface area contributed by atoms with E-state index in [0.717, 1.165) is 21.8 Å². The van der Waals surface area contributed by atoms with Crippen molar-refractivity contribution < 1.29 is 9.90 Å². The van der Waals surface area contributed by atoms with Crippen LogP contribution in [0.15, 0.2) is 42.5 Å². The van der Waals surface area contributed by atoms with Crippen LogP contribution in [0.2, 0.25) is 0 Å². The second kappa shape index (κ2) is 7.07. The van der Waals surface area contributed by atoms with Crippen LogP contribution in [-0.4, -0.2) is 16.1 Å². The molecule has 0 amide bonds. The van der Waals surface area contributed by atoms with Crippen LogP contribution in [-0.2, 0) is 11.2 Å². The maximum absolute atomic E-state index is 11.2. The molecule has 25 heavy (non-hydrogen) atoms. The van der Waals surface area contributed by atoms with Crippen molar-refractivity contribution >= 4 is 28.1 Å². The normalized spacial score (nSPS) is 10.7. The fraction of sp³-hybridized carbons (Fsp3) is 0.200. The molecule has 0 atom stereocenters. The third-order valence-corrected chi connectivity index (χ3v) is 5.06. The summed E-state index contributed by atoms with van der Waals surface area (Å²) < 4.78 is 0. The first-order valence-electron chi connectivity index (χ1n) is 8.05. The molecule has 2 N–H and O–H groups in total. The van der Waals surface area contributed by atoms with Gasteiger partial charge in [0, 0.05) is 16.1 Å². The highest BCUT2D eigenvalue weighted by atomic mass is 32.1. The standard InChI is InChI=1S/C20H20N2O2S/c1-12-4-8-16(9-5-12)21-20-22-19(17(25-20)11-18(23)24)15-7-6-13(2)14(3)10-15/h4-10H,11H2,1-3H3,(H,21,22)(H,23,24). The lowest BCUT2D eigenvalue weighted by Crippen LogP contribution is -1.99. The number of aromatic nitrogens is 1. The van der Waals surface area contributed by atoms with Crippen molar-refractivity contribution in [3.8, 4) is 11.3 Å². The Hall–Kier alpha value is -2.66. The lowest BCUT2D eigenvalue weighted by molar-refractivity contribution is -0.136. The molecule has 2 aromatic carbocycles. The minimum atomic E-state index is -0.851. The van der Waals surface area contributed by atoms with Gasteiger partial charge in [0.2, 0.25) is 0 Å². The number of hydrogen-bond acceptors (Lipinski definition) is 4. The largest absolute Gasteiger partial charge is 0.481 e. The van der Waals surface area contributed by atoms with Gasteiger partial charge in [-0.25, -0.2) is 4.98 Å². The Morgan fingerprint density at radius 1 is 1.08 bits per heavy atom. The van der Waals surface area contributed by atoms with E-state index >= 15 is 0 Å². The fourth-order valence-corrected chi connectivity index (χ4v) is 3.53. The molecule has 1 aromatic heterocycles. The SMILES string of the molecule is Cc1ccc(Nc2nc(-c3ccc(C)c(C)c3)c(CC(=O)O)s2)cc1. The highest BCUT2D eigenvalue weighted by Crippen LogP contribution is 2.34. The zero-order valence-electron chi connectivity index (χ0n) is 14.5. The van der Waals surface area contributed by atoms with E-state index in [0.29, 0.717) is 5.13 Å². The van der Waals surface area contributed by atoms with Crippen LogP contribution < -0.4 is 5.32 Å². The summed E-state index contributed by atoms with van der Waals surface area (Å²) in [4.78, 5) is 16.7. The first kappa shape index (κ1) is 17.2. The third-order valence-electron chi connectivity index (χ3n) is 4.09. The average Bonchev–Trinajstić information content (AvgIpc) is 2.94. The predicted octanol–water partition coefficient (Wildman–Crippen LogP) is 5.11. The van der Waals surface area contributed by atoms with Crippen LogP contribution in [0.5, 0.6) is 0 Å². The molecule has 128 valence electrons. The summed E-state index contributed by atoms with van der Waals surface area (Å²) in [5.41, 5.74) is 6.19. The molecule has 3 rings (SSSR count). The topological polar surface area (TPSA) is 62.2 Å². The number of thiazole rings is 1. The smallest absolute Gasteiger partial charge is 0.308 e. The molecule has 0 unspecified atom stereocenters. The summed E-state index contributed by atoms with van der Waals surface area (Å²) in [5.74, 6) is -0.851. The molecule has 0 aliphatic rings. The number of anilines is 2. The summed E-state index contributed by atoms with van der Waals surface area (Å²) >= 11 is 1.39. The van der Waals surface area contributed by atoms with E-state index in [1.807, 2.05) is 50.2 Å². The van der Waals surface area contributed by atoms with Gasteiger partial charge in [0.1, 0.15) is 0 Å². The number of carboxylic acids is 1. The van der Waals surface area contributed by atoms with E-state index in [2.05, 4.69) is 23.3 Å². The van der Waals surface area contributed by atoms with Crippen molar-refractivity contribution in [3.63, 3.8) is 0 Å². The number of hydrogen-bond donors (Lipinski definition) is 2. The van der Waals surface area contributed by atoms with Gasteiger partial charge < -0.3 is 10.4 Å². The Labute approximate surface area is 151 Å². The number of aliphatic carboxylic acids is 1. The number of benzene rings is 2. The van der Waals surface area contributed by atoms with Gasteiger partial charge in [0.25, 0.3) is 0 Å². The van der Waals surface area contributed by atoms with Gasteiger partial charge in [-0.05, 0) is 50.1 Å². The fourth-order valence-electron chi connectivity index (χ4n) is 2.54. The van der Waals surface area contributed by atoms with Gasteiger partial charge in [-0.15, -0.1) is 11.3 Å². The summed E-state index contributed by atoms with van der Waals surface area (Å²) in [6.07, 6.45) is -0.0322. The lowest BCUT2D eigenvalue weighted by Gasteiger charge is -2.05. The van der Waals surface area contributed by atoms with E-state index in [9.17, 15) is 9.90 Å². The molecule has 0 saturated carbocycles. The van der Waals surface area contributed by atoms with Gasteiger partial charge in [-0.2, -0.15) is 0 Å². The number of carbonyl (C=O) groups is 1. The van der Waals surface area contributed by atoms with Gasteiger partial charge in [-0.3, -0.25) is 4.79 Å². The molecule has 5 heteroatoms. The van der Waals surface area contributed by atoms with E-state index in [4.69, 9.17) is 0 Å². The molecule has 3 aromatic rings. The number of aryl methyl sites for hydroxylation is 3. The predicted molar refractivity (Wildman–Crippen MR) is 103 cm³/mol. The van der Waals surface area contributed by atoms with Crippen molar-refractivity contribution in [3.05, 3.63) is 64.0 Å². The highest BCUT2D eigenvalue weighted by molar-refractivity contribution is 7.16. The monoisotopic (exact) mass is 352 g/mol. The zero-order chi connectivity index (χ0) is 18.0. The Morgan fingerprint density at radius 3 is 2.44 bits per heavy atom. The number of nitrogens with zero attached hydrogens (tertiary/aromatic N) is 1. The maximum Gasteiger partial charge on any atom is 0.308 e. The van der Waals surface area contributed by atoms with E-state index < -0.39 is 5.97 Å². The van der Waals surface area contributed by atoms with Crippen molar-refractivity contribution in [1.82, 2.24) is 4.98 Å². The van der Waals surface area contributed by atoms with Crippen LogP contribution in [0.4, 0.5) is 10.8 Å². The molecule has 0 aliphatic heterocycles. The first-order chi connectivity index (χ1) is 11.9. The lowest BCUT2D eigenvalue weighted by atomic mass is 10.0. The van der Waals surface area contributed by atoms with Crippen LogP contribution in [0.25, 0.3) is 11.3 Å². The van der Waals surface area contributed by atoms with Crippen LogP contribution in [0.1, 0.15) is 21.6 Å². The van der Waals surface area contributed by atoms with Crippen molar-refractivity contribution in [1.29, 1.82) is 0 Å². The van der Waals surface area contributed by atoms with E-state index in [1.165, 1.54) is 28.0 Å². The molecule has 4 nitrogen and oxygen atoms in total. The van der Waals surface area contributed by atoms with Gasteiger partial charge in [-0.1, -0.05) is 29.8 Å². The molecule has 0 bridgehead atoms. The minimum absolute atomic E-state index is 0.0322. The maximum atomic E-state index is 11.2. The highest BCUT2D eigenvalue weighted by Gasteiger charge is 2.16. The second-order valence-electron chi connectivity index (χ2n) is 6.15. The van der Waals surface area contributed by atoms with Crippen molar-refractivity contribution in [2.24, 2.45) is 0 Å². The van der Waals surface area contributed by atoms with Crippen molar-refractivity contribution in [2.45, 2.75) is 27.2 Å². The molecular weight excluding hydrogens is 332 g/mol. The third kappa shape index (κ3) is 4.06. The molecule has 0 saturated heterocycles. The summed E-state index contributed by atoms with van der Waals surface area (Å²) in [6, 6.07) is 14.1. The Balaban J connectivity index is 1.98. The second-order valence-corrected chi connectivity index (χ2v) is 7.24. The van der Waals surface area contributed by atoms with Crippen molar-refractivity contribution in [2.75, 3.05) is 5.32 Å². The summed E-state index contributed by atoms with van der Waals surface area (Å²) in [7, 11) is 0. The van der Waals surface area contributed by atoms with Gasteiger partial charge >= 0.3 is 5.97 Å². The molecule has 0 spiro atoms. The van der Waals surface area contributed by atoms with Gasteiger partial charge in [0.15, 0.2) is 5.13 Å². The Kier molecular flexibility index (Phi) is 4.86. The first-order valence-corrected chi connectivity index (χ1v) is 8.87. The summed E-state index contributed by atoms with van der Waals surface area (Å²) in [5, 5.41) is 13.2. The van der Waals surface area contributed by atoms with E-state index in [-0.39, 0.29) is 6.42 Å². The number of nitrogens with one attached hydrogen (secondary N) is 1. The molecule has 0 radical (unpaired) electrons. The zero-order valence-corrected chi connectivity index (χ0v) is 15.3. The Bertz CT molecular complexity index is 914. The number of carboxylic acid groups (broad SMARTS) is 1. The summed E-state index contributed by atoms with van der Waals surface area (Å²) in [6.45, 7) is 6.15. The molecule has 0 aliphatic carbocycles. The van der Waals surface area contributed by atoms with Crippen LogP contribution >= 0.6 is 11.3 Å². The quantitative estimate of drug-likeness (QED) is 0.670. The molecule has 0 fully saturated rings.